The van der Waals surface area contributed by atoms with Crippen LogP contribution in [0.2, 0.25) is 0 Å². The first-order valence-corrected chi connectivity index (χ1v) is 14.4. The van der Waals surface area contributed by atoms with Gasteiger partial charge in [0.15, 0.2) is 34.7 Å². The third-order valence-electron chi connectivity index (χ3n) is 8.91. The highest BCUT2D eigenvalue weighted by molar-refractivity contribution is 6.32. The van der Waals surface area contributed by atoms with Crippen LogP contribution in [0.1, 0.15) is 33.5 Å². The van der Waals surface area contributed by atoms with Gasteiger partial charge in [-0.2, -0.15) is 0 Å². The number of nitrogens with zero attached hydrogens (tertiary/aromatic N) is 2. The second kappa shape index (κ2) is 11.7. The van der Waals surface area contributed by atoms with E-state index in [0.717, 1.165) is 0 Å². The summed E-state index contributed by atoms with van der Waals surface area (Å²) in [4.78, 5) is 81.8. The molecule has 4 unspecified atom stereocenters. The molecule has 12 heteroatoms. The number of nitrogens with one attached hydrogen (secondary N) is 1. The third kappa shape index (κ3) is 5.33. The van der Waals surface area contributed by atoms with Crippen LogP contribution in [0.4, 0.5) is 5.69 Å². The molecule has 234 valence electrons. The smallest absolute Gasteiger partial charge is 0.238 e. The Hall–Kier alpha value is -4.70. The van der Waals surface area contributed by atoms with E-state index in [9.17, 15) is 39.0 Å². The number of anilines is 1. The topological polar surface area (TPSA) is 187 Å². The molecule has 12 nitrogen and oxygen atoms in total. The molecular weight excluding hydrogens is 580 g/mol. The van der Waals surface area contributed by atoms with Gasteiger partial charge in [-0.3, -0.25) is 33.7 Å². The Labute approximate surface area is 259 Å². The number of benzene rings is 2. The lowest BCUT2D eigenvalue weighted by atomic mass is 9.52. The SMILES string of the molecule is CN(C)CC(=O)Nc1ccc(C#Cc2ccc(O)c3c2CC2CC4[C@H](N(C)C)C(=O)C(C(N)=O)C(=O)[C@@]4(O)C(=O)C2C3=O)cc1. The summed E-state index contributed by atoms with van der Waals surface area (Å²) in [5.74, 6) is -5.12. The van der Waals surface area contributed by atoms with E-state index >= 15 is 0 Å². The third-order valence-corrected chi connectivity index (χ3v) is 8.91. The van der Waals surface area contributed by atoms with Crippen molar-refractivity contribution in [2.75, 3.05) is 40.1 Å². The predicted molar refractivity (Wildman–Crippen MR) is 161 cm³/mol. The molecule has 45 heavy (non-hydrogen) atoms. The first kappa shape index (κ1) is 31.7. The molecule has 2 saturated carbocycles. The van der Waals surface area contributed by atoms with Crippen LogP contribution in [0.3, 0.4) is 0 Å². The minimum Gasteiger partial charge on any atom is -0.507 e. The summed E-state index contributed by atoms with van der Waals surface area (Å²) in [5, 5.41) is 25.2. The fourth-order valence-corrected chi connectivity index (χ4v) is 6.99. The Morgan fingerprint density at radius 1 is 1.00 bits per heavy atom. The van der Waals surface area contributed by atoms with E-state index in [4.69, 9.17) is 5.73 Å². The number of phenolic OH excluding ortho intramolecular Hbond substituents is 1. The second-order valence-electron chi connectivity index (χ2n) is 12.4. The number of carbonyl (C=O) groups is 6. The van der Waals surface area contributed by atoms with Crippen LogP contribution in [0, 0.1) is 35.5 Å². The van der Waals surface area contributed by atoms with Gasteiger partial charge < -0.3 is 26.2 Å². The van der Waals surface area contributed by atoms with Gasteiger partial charge in [0, 0.05) is 22.7 Å². The molecule has 5 N–H and O–H groups in total. The Morgan fingerprint density at radius 2 is 1.67 bits per heavy atom. The maximum Gasteiger partial charge on any atom is 0.238 e. The number of carbonyl (C=O) groups excluding carboxylic acids is 6. The predicted octanol–water partition coefficient (Wildman–Crippen LogP) is -0.233. The second-order valence-corrected chi connectivity index (χ2v) is 12.4. The lowest BCUT2D eigenvalue weighted by Crippen LogP contribution is -2.74. The largest absolute Gasteiger partial charge is 0.507 e. The molecule has 2 aromatic carbocycles. The van der Waals surface area contributed by atoms with E-state index in [0.29, 0.717) is 22.4 Å². The zero-order valence-electron chi connectivity index (χ0n) is 25.3. The Bertz CT molecular complexity index is 1700. The molecule has 2 amide bonds. The molecule has 3 aliphatic carbocycles. The van der Waals surface area contributed by atoms with Gasteiger partial charge in [0.1, 0.15) is 5.75 Å². The van der Waals surface area contributed by atoms with Crippen molar-refractivity contribution in [1.29, 1.82) is 0 Å². The van der Waals surface area contributed by atoms with Crippen LogP contribution in [0.5, 0.6) is 5.75 Å². The molecule has 0 bridgehead atoms. The van der Waals surface area contributed by atoms with Crippen LogP contribution < -0.4 is 11.1 Å². The van der Waals surface area contributed by atoms with Crippen LogP contribution in [-0.2, 0) is 30.4 Å². The van der Waals surface area contributed by atoms with E-state index in [1.165, 1.54) is 25.1 Å². The number of aliphatic hydroxyl groups is 1. The highest BCUT2D eigenvalue weighted by Crippen LogP contribution is 2.50. The fraction of sp³-hybridized carbons (Fsp3) is 0.394. The summed E-state index contributed by atoms with van der Waals surface area (Å²) in [5.41, 5.74) is 4.55. The van der Waals surface area contributed by atoms with Crippen LogP contribution in [0.25, 0.3) is 0 Å². The highest BCUT2D eigenvalue weighted by Gasteiger charge is 2.69. The lowest BCUT2D eigenvalue weighted by molar-refractivity contribution is -0.181. The van der Waals surface area contributed by atoms with Crippen molar-refractivity contribution in [3.8, 4) is 17.6 Å². The average molecular weight is 615 g/mol. The Balaban J connectivity index is 1.49. The van der Waals surface area contributed by atoms with E-state index in [-0.39, 0.29) is 36.6 Å². The van der Waals surface area contributed by atoms with Crippen molar-refractivity contribution >= 4 is 40.6 Å². The molecule has 0 radical (unpaired) electrons. The number of Topliss-reactive ketones (excluding diaryl/α,β-unsaturated/α-hetero) is 4. The van der Waals surface area contributed by atoms with Crippen molar-refractivity contribution in [3.05, 3.63) is 58.7 Å². The van der Waals surface area contributed by atoms with Crippen LogP contribution >= 0.6 is 0 Å². The first-order valence-electron chi connectivity index (χ1n) is 14.4. The average Bonchev–Trinajstić information content (AvgIpc) is 2.94. The van der Waals surface area contributed by atoms with Gasteiger partial charge in [0.25, 0.3) is 0 Å². The molecule has 0 heterocycles. The number of hydrogen-bond acceptors (Lipinski definition) is 10. The molecule has 0 spiro atoms. The molecule has 2 fully saturated rings. The van der Waals surface area contributed by atoms with E-state index < -0.39 is 64.4 Å². The zero-order valence-corrected chi connectivity index (χ0v) is 25.3. The minimum atomic E-state index is -2.78. The fourth-order valence-electron chi connectivity index (χ4n) is 6.99. The van der Waals surface area contributed by atoms with E-state index in [1.807, 2.05) is 0 Å². The number of likely N-dealkylation sites (N-methyl/N-ethyl adjacent to an activating group) is 2. The summed E-state index contributed by atoms with van der Waals surface area (Å²) < 4.78 is 0. The number of primary amides is 1. The number of rotatable bonds is 5. The van der Waals surface area contributed by atoms with Gasteiger partial charge in [-0.05, 0) is 88.9 Å². The van der Waals surface area contributed by atoms with Crippen LogP contribution in [-0.4, -0.2) is 101 Å². The number of ketones is 4. The van der Waals surface area contributed by atoms with Gasteiger partial charge in [-0.15, -0.1) is 0 Å². The van der Waals surface area contributed by atoms with Crippen molar-refractivity contribution in [2.45, 2.75) is 24.5 Å². The van der Waals surface area contributed by atoms with Crippen molar-refractivity contribution in [2.24, 2.45) is 29.4 Å². The van der Waals surface area contributed by atoms with Crippen molar-refractivity contribution in [1.82, 2.24) is 9.80 Å². The summed E-state index contributed by atoms with van der Waals surface area (Å²) in [6, 6.07) is 8.57. The quantitative estimate of drug-likeness (QED) is 0.259. The summed E-state index contributed by atoms with van der Waals surface area (Å²) in [6.45, 7) is 0.232. The summed E-state index contributed by atoms with van der Waals surface area (Å²) >= 11 is 0. The van der Waals surface area contributed by atoms with Gasteiger partial charge in [-0.1, -0.05) is 11.8 Å². The number of nitrogens with two attached hydrogens (primary N) is 1. The zero-order chi connectivity index (χ0) is 33.0. The van der Waals surface area contributed by atoms with Gasteiger partial charge in [0.2, 0.25) is 11.8 Å². The van der Waals surface area contributed by atoms with Gasteiger partial charge in [0.05, 0.1) is 24.1 Å². The monoisotopic (exact) mass is 614 g/mol. The summed E-state index contributed by atoms with van der Waals surface area (Å²) in [6.07, 6.45) is 0.0640. The highest BCUT2D eigenvalue weighted by atomic mass is 16.3. The normalized spacial score (nSPS) is 27.3. The van der Waals surface area contributed by atoms with Gasteiger partial charge >= 0.3 is 0 Å². The maximum atomic E-state index is 13.9. The number of phenols is 1. The molecule has 6 atom stereocenters. The summed E-state index contributed by atoms with van der Waals surface area (Å²) in [7, 11) is 6.65. The number of fused-ring (bicyclic) bond motifs is 3. The van der Waals surface area contributed by atoms with Gasteiger partial charge in [-0.25, -0.2) is 0 Å². The lowest BCUT2D eigenvalue weighted by Gasteiger charge is -2.52. The van der Waals surface area contributed by atoms with Crippen LogP contribution in [0.15, 0.2) is 36.4 Å². The number of amides is 2. The molecule has 0 saturated heterocycles. The minimum absolute atomic E-state index is 0.0482. The molecule has 3 aliphatic rings. The van der Waals surface area contributed by atoms with E-state index in [1.54, 1.807) is 49.3 Å². The molecule has 2 aromatic rings. The Kier molecular flexibility index (Phi) is 8.22. The van der Waals surface area contributed by atoms with Crippen molar-refractivity contribution in [3.63, 3.8) is 0 Å². The molecular formula is C33H34N4O8. The molecule has 5 rings (SSSR count). The standard InChI is InChI=1S/C33H34N4O8/c1-36(2)15-23(39)35-19-10-6-16(7-11-19)5-8-17-9-12-22(38)25-20(17)13-18-14-21-27(37(3)4)29(41)26(32(34)44)31(43)33(21,45)30(42)24(18)28(25)40/h6-7,9-12,18,21,24,26-27,38,45H,13-15H2,1-4H3,(H2,34,44)(H,35,39)/t18?,21?,24?,26?,27-,33-/m0/s1. The van der Waals surface area contributed by atoms with E-state index in [2.05, 4.69) is 17.2 Å². The first-order chi connectivity index (χ1) is 21.2. The number of aromatic hydroxyl groups is 1. The maximum absolute atomic E-state index is 13.9. The van der Waals surface area contributed by atoms with Crippen molar-refractivity contribution < 1.29 is 39.0 Å². The number of hydrogen-bond donors (Lipinski definition) is 4. The molecule has 0 aromatic heterocycles. The molecule has 0 aliphatic heterocycles. The Morgan fingerprint density at radius 3 is 2.27 bits per heavy atom.